The molecule has 2 heterocycles. The van der Waals surface area contributed by atoms with Crippen LogP contribution in [0.1, 0.15) is 6.42 Å². The van der Waals surface area contributed by atoms with Gasteiger partial charge in [-0.05, 0) is 48.5 Å². The number of rotatable bonds is 6. The number of hydrogen-bond acceptors (Lipinski definition) is 6. The van der Waals surface area contributed by atoms with E-state index in [9.17, 15) is 22.8 Å². The Balaban J connectivity index is 0.000000454. The summed E-state index contributed by atoms with van der Waals surface area (Å²) in [5.41, 5.74) is 1.14. The van der Waals surface area contributed by atoms with Crippen LogP contribution in [-0.2, 0) is 16.1 Å². The van der Waals surface area contributed by atoms with Gasteiger partial charge in [0.15, 0.2) is 0 Å². The van der Waals surface area contributed by atoms with Crippen LogP contribution in [-0.4, -0.2) is 37.7 Å². The third kappa shape index (κ3) is 7.38. The number of carbonyl (C=O) groups excluding carboxylic acids is 1. The number of ether oxygens (including phenoxy) is 1. The Kier molecular flexibility index (Phi) is 8.34. The molecule has 1 amide bonds. The highest BCUT2D eigenvalue weighted by atomic mass is 19.4. The van der Waals surface area contributed by atoms with Gasteiger partial charge in [-0.1, -0.05) is 12.1 Å². The number of carboxylic acids is 1. The SMILES string of the molecule is O=C(CCn1cnc2ccccc2c1=O)Nc1ccc(Oc2cccnc2)cc1.O=C(O)C(F)(F)F. The maximum atomic E-state index is 12.5. The average Bonchev–Trinajstić information content (AvgIpc) is 2.85. The van der Waals surface area contributed by atoms with E-state index >= 15 is 0 Å². The number of amides is 1. The van der Waals surface area contributed by atoms with Gasteiger partial charge in [-0.2, -0.15) is 13.2 Å². The molecule has 0 aliphatic rings. The Morgan fingerprint density at radius 1 is 1.00 bits per heavy atom. The lowest BCUT2D eigenvalue weighted by atomic mass is 10.2. The predicted molar refractivity (Wildman–Crippen MR) is 124 cm³/mol. The molecule has 0 fully saturated rings. The van der Waals surface area contributed by atoms with Crippen LogP contribution in [0.25, 0.3) is 10.9 Å². The molecule has 0 bridgehead atoms. The molecule has 0 aliphatic heterocycles. The first kappa shape index (κ1) is 25.9. The molecule has 186 valence electrons. The lowest BCUT2D eigenvalue weighted by Gasteiger charge is -2.09. The number of nitrogens with zero attached hydrogens (tertiary/aromatic N) is 3. The highest BCUT2D eigenvalue weighted by Gasteiger charge is 2.38. The van der Waals surface area contributed by atoms with Crippen molar-refractivity contribution in [3.8, 4) is 11.5 Å². The predicted octanol–water partition coefficient (Wildman–Crippen LogP) is 4.25. The van der Waals surface area contributed by atoms with Crippen LogP contribution in [0.4, 0.5) is 18.9 Å². The Bertz CT molecular complexity index is 1390. The zero-order valence-electron chi connectivity index (χ0n) is 18.5. The zero-order chi connectivity index (χ0) is 26.1. The van der Waals surface area contributed by atoms with E-state index in [1.165, 1.54) is 10.9 Å². The molecular formula is C24H19F3N4O5. The molecule has 36 heavy (non-hydrogen) atoms. The van der Waals surface area contributed by atoms with Gasteiger partial charge >= 0.3 is 12.1 Å². The molecule has 12 heteroatoms. The van der Waals surface area contributed by atoms with E-state index in [2.05, 4.69) is 15.3 Å². The third-order valence-corrected chi connectivity index (χ3v) is 4.56. The largest absolute Gasteiger partial charge is 0.490 e. The Morgan fingerprint density at radius 3 is 2.33 bits per heavy atom. The second kappa shape index (κ2) is 11.6. The van der Waals surface area contributed by atoms with Crippen molar-refractivity contribution in [3.63, 3.8) is 0 Å². The molecule has 4 aromatic rings. The van der Waals surface area contributed by atoms with Crippen LogP contribution >= 0.6 is 0 Å². The van der Waals surface area contributed by atoms with E-state index in [1.54, 1.807) is 60.9 Å². The highest BCUT2D eigenvalue weighted by molar-refractivity contribution is 5.90. The van der Waals surface area contributed by atoms with Crippen molar-refractivity contribution >= 4 is 28.5 Å². The Labute approximate surface area is 201 Å². The normalized spacial score (nSPS) is 10.8. The third-order valence-electron chi connectivity index (χ3n) is 4.56. The topological polar surface area (TPSA) is 123 Å². The van der Waals surface area contributed by atoms with Crippen LogP contribution in [0.2, 0.25) is 0 Å². The molecule has 4 rings (SSSR count). The minimum absolute atomic E-state index is 0.152. The zero-order valence-corrected chi connectivity index (χ0v) is 18.5. The van der Waals surface area contributed by atoms with E-state index in [0.29, 0.717) is 28.1 Å². The number of para-hydroxylation sites is 1. The molecule has 0 spiro atoms. The number of fused-ring (bicyclic) bond motifs is 1. The number of alkyl halides is 3. The fourth-order valence-electron chi connectivity index (χ4n) is 2.86. The summed E-state index contributed by atoms with van der Waals surface area (Å²) in [6.45, 7) is 0.255. The molecule has 0 saturated carbocycles. The standard InChI is InChI=1S/C22H18N4O3.C2HF3O2/c27-21(11-13-26-15-24-20-6-2-1-5-19(20)22(26)28)25-16-7-9-17(10-8-16)29-18-4-3-12-23-14-18;3-2(4,5)1(6)7/h1-10,12,14-15H,11,13H2,(H,25,27);(H,6,7). The van der Waals surface area contributed by atoms with Gasteiger partial charge in [0, 0.05) is 24.8 Å². The van der Waals surface area contributed by atoms with Crippen LogP contribution in [0.15, 0.2) is 84.2 Å². The van der Waals surface area contributed by atoms with E-state index in [0.717, 1.165) is 0 Å². The van der Waals surface area contributed by atoms with Gasteiger partial charge in [0.25, 0.3) is 5.56 Å². The van der Waals surface area contributed by atoms with Gasteiger partial charge in [0.2, 0.25) is 5.91 Å². The maximum Gasteiger partial charge on any atom is 0.490 e. The molecular weight excluding hydrogens is 481 g/mol. The number of pyridine rings is 1. The van der Waals surface area contributed by atoms with Crippen LogP contribution in [0.5, 0.6) is 11.5 Å². The van der Waals surface area contributed by atoms with Crippen molar-refractivity contribution in [2.75, 3.05) is 5.32 Å². The molecule has 0 unspecified atom stereocenters. The van der Waals surface area contributed by atoms with E-state index in [4.69, 9.17) is 14.6 Å². The maximum absolute atomic E-state index is 12.5. The summed E-state index contributed by atoms with van der Waals surface area (Å²) in [7, 11) is 0. The minimum atomic E-state index is -5.08. The molecule has 0 atom stereocenters. The second-order valence-corrected chi connectivity index (χ2v) is 7.18. The average molecular weight is 500 g/mol. The van der Waals surface area contributed by atoms with Gasteiger partial charge < -0.3 is 15.2 Å². The van der Waals surface area contributed by atoms with Crippen molar-refractivity contribution in [1.82, 2.24) is 14.5 Å². The number of halogens is 3. The number of nitrogens with one attached hydrogen (secondary N) is 1. The first-order valence-electron chi connectivity index (χ1n) is 10.4. The number of benzene rings is 2. The summed E-state index contributed by atoms with van der Waals surface area (Å²) in [6, 6.07) is 17.8. The monoisotopic (exact) mass is 500 g/mol. The highest BCUT2D eigenvalue weighted by Crippen LogP contribution is 2.22. The van der Waals surface area contributed by atoms with Crippen LogP contribution in [0.3, 0.4) is 0 Å². The number of aryl methyl sites for hydroxylation is 1. The van der Waals surface area contributed by atoms with Gasteiger partial charge in [-0.15, -0.1) is 0 Å². The van der Waals surface area contributed by atoms with Crippen molar-refractivity contribution < 1.29 is 32.6 Å². The van der Waals surface area contributed by atoms with Crippen molar-refractivity contribution in [2.24, 2.45) is 0 Å². The fourth-order valence-corrected chi connectivity index (χ4v) is 2.86. The minimum Gasteiger partial charge on any atom is -0.475 e. The Hall–Kier alpha value is -4.74. The molecule has 0 aliphatic carbocycles. The quantitative estimate of drug-likeness (QED) is 0.406. The van der Waals surface area contributed by atoms with E-state index in [1.807, 2.05) is 12.1 Å². The number of aromatic nitrogens is 3. The summed E-state index contributed by atoms with van der Waals surface area (Å²) >= 11 is 0. The molecule has 0 radical (unpaired) electrons. The van der Waals surface area contributed by atoms with E-state index in [-0.39, 0.29) is 24.4 Å². The number of aliphatic carboxylic acids is 1. The van der Waals surface area contributed by atoms with Crippen LogP contribution < -0.4 is 15.6 Å². The summed E-state index contributed by atoms with van der Waals surface area (Å²) in [5, 5.41) is 10.5. The summed E-state index contributed by atoms with van der Waals surface area (Å²) in [6.07, 6.45) is -0.150. The first-order valence-corrected chi connectivity index (χ1v) is 10.4. The Morgan fingerprint density at radius 2 is 1.69 bits per heavy atom. The smallest absolute Gasteiger partial charge is 0.475 e. The molecule has 2 aromatic carbocycles. The number of anilines is 1. The van der Waals surface area contributed by atoms with Crippen LogP contribution in [0, 0.1) is 0 Å². The summed E-state index contributed by atoms with van der Waals surface area (Å²) in [4.78, 5) is 41.9. The summed E-state index contributed by atoms with van der Waals surface area (Å²) in [5.74, 6) is -1.66. The van der Waals surface area contributed by atoms with Crippen molar-refractivity contribution in [2.45, 2.75) is 19.1 Å². The molecule has 0 saturated heterocycles. The van der Waals surface area contributed by atoms with Gasteiger partial charge in [-0.25, -0.2) is 9.78 Å². The second-order valence-electron chi connectivity index (χ2n) is 7.18. The first-order chi connectivity index (χ1) is 17.1. The van der Waals surface area contributed by atoms with Crippen molar-refractivity contribution in [1.29, 1.82) is 0 Å². The van der Waals surface area contributed by atoms with Gasteiger partial charge in [0.05, 0.1) is 23.4 Å². The van der Waals surface area contributed by atoms with E-state index < -0.39 is 12.1 Å². The molecule has 2 N–H and O–H groups in total. The molecule has 9 nitrogen and oxygen atoms in total. The number of carbonyl (C=O) groups is 2. The number of carboxylic acid groups (broad SMARTS) is 1. The number of hydrogen-bond donors (Lipinski definition) is 2. The lowest BCUT2D eigenvalue weighted by molar-refractivity contribution is -0.192. The fraction of sp³-hybridized carbons (Fsp3) is 0.125. The van der Waals surface area contributed by atoms with Gasteiger partial charge in [-0.3, -0.25) is 19.1 Å². The lowest BCUT2D eigenvalue weighted by Crippen LogP contribution is -2.23. The molecule has 2 aromatic heterocycles. The van der Waals surface area contributed by atoms with Crippen molar-refractivity contribution in [3.05, 3.63) is 89.7 Å². The van der Waals surface area contributed by atoms with Gasteiger partial charge in [0.1, 0.15) is 11.5 Å². The summed E-state index contributed by atoms with van der Waals surface area (Å²) < 4.78 is 38.9.